The van der Waals surface area contributed by atoms with Crippen molar-refractivity contribution in [2.24, 2.45) is 5.41 Å². The number of carbonyl (C=O) groups is 1. The minimum Gasteiger partial charge on any atom is -0.395 e. The Labute approximate surface area is 147 Å². The van der Waals surface area contributed by atoms with Gasteiger partial charge in [-0.05, 0) is 31.4 Å². The third-order valence-electron chi connectivity index (χ3n) is 4.51. The Morgan fingerprint density at radius 3 is 2.88 bits per heavy atom. The second kappa shape index (κ2) is 7.37. The van der Waals surface area contributed by atoms with E-state index < -0.39 is 5.41 Å². The van der Waals surface area contributed by atoms with Crippen LogP contribution in [0, 0.1) is 5.41 Å². The first-order valence-corrected chi connectivity index (χ1v) is 8.60. The van der Waals surface area contributed by atoms with Crippen LogP contribution >= 0.6 is 0 Å². The Morgan fingerprint density at radius 2 is 2.16 bits per heavy atom. The molecule has 1 aromatic heterocycles. The Morgan fingerprint density at radius 1 is 1.40 bits per heavy atom. The van der Waals surface area contributed by atoms with E-state index in [0.717, 1.165) is 12.1 Å². The molecule has 0 unspecified atom stereocenters. The number of aliphatic hydroxyl groups is 1. The smallest absolute Gasteiger partial charge is 0.228 e. The molecular weight excluding hydrogens is 318 g/mol. The molecule has 2 aromatic rings. The molecule has 0 saturated carbocycles. The van der Waals surface area contributed by atoms with Crippen molar-refractivity contribution in [2.75, 3.05) is 19.8 Å². The SMILES string of the molecule is CC(C)(CO)C(=O)NC[C@@H]1OCCc2cn(Cc3ccccc3)nc21. The number of aromatic nitrogens is 2. The first-order chi connectivity index (χ1) is 12.0. The summed E-state index contributed by atoms with van der Waals surface area (Å²) in [6.45, 7) is 4.92. The predicted octanol–water partition coefficient (Wildman–Crippen LogP) is 1.68. The van der Waals surface area contributed by atoms with E-state index in [1.165, 1.54) is 11.1 Å². The zero-order valence-corrected chi connectivity index (χ0v) is 14.7. The van der Waals surface area contributed by atoms with Crippen LogP contribution in [0.4, 0.5) is 0 Å². The second-order valence-electron chi connectivity index (χ2n) is 7.08. The zero-order valence-electron chi connectivity index (χ0n) is 14.7. The van der Waals surface area contributed by atoms with Gasteiger partial charge in [0.2, 0.25) is 5.91 Å². The van der Waals surface area contributed by atoms with Crippen molar-refractivity contribution in [3.05, 3.63) is 53.3 Å². The van der Waals surface area contributed by atoms with E-state index in [0.29, 0.717) is 19.7 Å². The maximum Gasteiger partial charge on any atom is 0.228 e. The fourth-order valence-corrected chi connectivity index (χ4v) is 2.83. The molecule has 0 spiro atoms. The first-order valence-electron chi connectivity index (χ1n) is 8.60. The number of rotatable bonds is 6. The standard InChI is InChI=1S/C19H25N3O3/c1-19(2,13-23)18(24)20-10-16-17-15(8-9-25-16)12-22(21-17)11-14-6-4-3-5-7-14/h3-7,12,16,23H,8-11,13H2,1-2H3,(H,20,24)/t16-/m0/s1. The Balaban J connectivity index is 1.68. The molecule has 1 aromatic carbocycles. The van der Waals surface area contributed by atoms with Crippen molar-refractivity contribution in [2.45, 2.75) is 32.9 Å². The fourth-order valence-electron chi connectivity index (χ4n) is 2.83. The predicted molar refractivity (Wildman–Crippen MR) is 94.0 cm³/mol. The summed E-state index contributed by atoms with van der Waals surface area (Å²) in [5, 5.41) is 16.8. The Kier molecular flexibility index (Phi) is 5.20. The van der Waals surface area contributed by atoms with Crippen molar-refractivity contribution in [1.29, 1.82) is 0 Å². The third kappa shape index (κ3) is 4.08. The topological polar surface area (TPSA) is 76.4 Å². The summed E-state index contributed by atoms with van der Waals surface area (Å²) in [5.74, 6) is -0.186. The molecule has 6 nitrogen and oxygen atoms in total. The van der Waals surface area contributed by atoms with Crippen molar-refractivity contribution < 1.29 is 14.6 Å². The van der Waals surface area contributed by atoms with Gasteiger partial charge in [-0.2, -0.15) is 5.10 Å². The summed E-state index contributed by atoms with van der Waals surface area (Å²) in [6.07, 6.45) is 2.65. The number of ether oxygens (including phenoxy) is 1. The number of hydrogen-bond donors (Lipinski definition) is 2. The molecule has 1 aliphatic rings. The van der Waals surface area contributed by atoms with Crippen molar-refractivity contribution >= 4 is 5.91 Å². The maximum absolute atomic E-state index is 12.1. The summed E-state index contributed by atoms with van der Waals surface area (Å²) in [7, 11) is 0. The number of fused-ring (bicyclic) bond motifs is 1. The van der Waals surface area contributed by atoms with Crippen LogP contribution in [-0.4, -0.2) is 40.6 Å². The lowest BCUT2D eigenvalue weighted by Gasteiger charge is -2.25. The van der Waals surface area contributed by atoms with Crippen LogP contribution in [0.3, 0.4) is 0 Å². The molecule has 25 heavy (non-hydrogen) atoms. The highest BCUT2D eigenvalue weighted by molar-refractivity contribution is 5.81. The minimum absolute atomic E-state index is 0.186. The number of nitrogens with zero attached hydrogens (tertiary/aromatic N) is 2. The van der Waals surface area contributed by atoms with E-state index in [1.807, 2.05) is 22.9 Å². The van der Waals surface area contributed by atoms with Crippen LogP contribution in [0.15, 0.2) is 36.5 Å². The van der Waals surface area contributed by atoms with Gasteiger partial charge < -0.3 is 15.2 Å². The summed E-state index contributed by atoms with van der Waals surface area (Å²) >= 11 is 0. The first kappa shape index (κ1) is 17.6. The number of hydrogen-bond acceptors (Lipinski definition) is 4. The lowest BCUT2D eigenvalue weighted by Crippen LogP contribution is -2.41. The van der Waals surface area contributed by atoms with Gasteiger partial charge in [0.15, 0.2) is 0 Å². The van der Waals surface area contributed by atoms with E-state index in [2.05, 4.69) is 28.7 Å². The molecule has 0 bridgehead atoms. The number of aliphatic hydroxyl groups excluding tert-OH is 1. The molecule has 2 N–H and O–H groups in total. The highest BCUT2D eigenvalue weighted by atomic mass is 16.5. The van der Waals surface area contributed by atoms with E-state index in [-0.39, 0.29) is 18.6 Å². The second-order valence-corrected chi connectivity index (χ2v) is 7.08. The average molecular weight is 343 g/mol. The molecule has 0 fully saturated rings. The molecule has 2 heterocycles. The lowest BCUT2D eigenvalue weighted by molar-refractivity contribution is -0.132. The quantitative estimate of drug-likeness (QED) is 0.837. The summed E-state index contributed by atoms with van der Waals surface area (Å²) in [5.41, 5.74) is 2.45. The van der Waals surface area contributed by atoms with Gasteiger partial charge in [0.05, 0.1) is 30.9 Å². The molecule has 1 aliphatic heterocycles. The molecule has 0 radical (unpaired) electrons. The van der Waals surface area contributed by atoms with Gasteiger partial charge >= 0.3 is 0 Å². The maximum atomic E-state index is 12.1. The van der Waals surface area contributed by atoms with Crippen LogP contribution in [0.2, 0.25) is 0 Å². The average Bonchev–Trinajstić information content (AvgIpc) is 3.03. The van der Waals surface area contributed by atoms with Gasteiger partial charge in [-0.25, -0.2) is 0 Å². The fraction of sp³-hybridized carbons (Fsp3) is 0.474. The molecule has 3 rings (SSSR count). The van der Waals surface area contributed by atoms with E-state index in [4.69, 9.17) is 4.74 Å². The van der Waals surface area contributed by atoms with Crippen LogP contribution in [0.1, 0.15) is 36.8 Å². The summed E-state index contributed by atoms with van der Waals surface area (Å²) in [4.78, 5) is 12.1. The van der Waals surface area contributed by atoms with Crippen molar-refractivity contribution in [3.63, 3.8) is 0 Å². The summed E-state index contributed by atoms with van der Waals surface area (Å²) in [6, 6.07) is 10.2. The van der Waals surface area contributed by atoms with Gasteiger partial charge in [-0.15, -0.1) is 0 Å². The van der Waals surface area contributed by atoms with Crippen molar-refractivity contribution in [1.82, 2.24) is 15.1 Å². The Bertz CT molecular complexity index is 725. The largest absolute Gasteiger partial charge is 0.395 e. The van der Waals surface area contributed by atoms with E-state index in [9.17, 15) is 9.90 Å². The van der Waals surface area contributed by atoms with Gasteiger partial charge in [0.25, 0.3) is 0 Å². The van der Waals surface area contributed by atoms with Gasteiger partial charge in [-0.1, -0.05) is 30.3 Å². The Hall–Kier alpha value is -2.18. The van der Waals surface area contributed by atoms with Crippen LogP contribution in [0.5, 0.6) is 0 Å². The highest BCUT2D eigenvalue weighted by Crippen LogP contribution is 2.26. The molecule has 0 aliphatic carbocycles. The highest BCUT2D eigenvalue weighted by Gasteiger charge is 2.29. The number of carbonyl (C=O) groups excluding carboxylic acids is 1. The van der Waals surface area contributed by atoms with E-state index in [1.54, 1.807) is 13.8 Å². The van der Waals surface area contributed by atoms with Gasteiger partial charge in [0, 0.05) is 12.7 Å². The molecule has 6 heteroatoms. The monoisotopic (exact) mass is 343 g/mol. The third-order valence-corrected chi connectivity index (χ3v) is 4.51. The number of nitrogens with one attached hydrogen (secondary N) is 1. The normalized spacial score (nSPS) is 17.2. The molecule has 1 amide bonds. The summed E-state index contributed by atoms with van der Waals surface area (Å²) < 4.78 is 7.74. The molecule has 0 saturated heterocycles. The number of amides is 1. The molecular formula is C19H25N3O3. The molecule has 134 valence electrons. The van der Waals surface area contributed by atoms with Crippen LogP contribution < -0.4 is 5.32 Å². The van der Waals surface area contributed by atoms with Crippen molar-refractivity contribution in [3.8, 4) is 0 Å². The number of benzene rings is 1. The van der Waals surface area contributed by atoms with Gasteiger partial charge in [0.1, 0.15) is 6.10 Å². The lowest BCUT2D eigenvalue weighted by atomic mass is 9.93. The zero-order chi connectivity index (χ0) is 17.9. The minimum atomic E-state index is -0.801. The van der Waals surface area contributed by atoms with E-state index >= 15 is 0 Å². The molecule has 1 atom stereocenters. The van der Waals surface area contributed by atoms with Gasteiger partial charge in [-0.3, -0.25) is 9.48 Å². The van der Waals surface area contributed by atoms with Crippen LogP contribution in [-0.2, 0) is 22.5 Å². The van der Waals surface area contributed by atoms with Crippen LogP contribution in [0.25, 0.3) is 0 Å².